The Labute approximate surface area is 162 Å². The topological polar surface area (TPSA) is 136 Å². The second-order valence-electron chi connectivity index (χ2n) is 5.94. The SMILES string of the molecule is Cc1nccc(NS(=O)(=O)c2ccc(NS(=O)(=O)c3cnn(C)c3C)cc2)n1. The molecule has 0 atom stereocenters. The molecule has 0 saturated heterocycles. The Morgan fingerprint density at radius 2 is 1.61 bits per heavy atom. The van der Waals surface area contributed by atoms with Gasteiger partial charge in [-0.05, 0) is 44.2 Å². The van der Waals surface area contributed by atoms with Crippen molar-refractivity contribution in [2.45, 2.75) is 23.6 Å². The van der Waals surface area contributed by atoms with Gasteiger partial charge in [-0.1, -0.05) is 0 Å². The zero-order valence-electron chi connectivity index (χ0n) is 15.3. The lowest BCUT2D eigenvalue weighted by molar-refractivity contribution is 0.599. The number of anilines is 2. The third-order valence-corrected chi connectivity index (χ3v) is 6.77. The minimum absolute atomic E-state index is 0.0377. The summed E-state index contributed by atoms with van der Waals surface area (Å²) >= 11 is 0. The van der Waals surface area contributed by atoms with Crippen molar-refractivity contribution >= 4 is 31.6 Å². The molecule has 2 N–H and O–H groups in total. The van der Waals surface area contributed by atoms with E-state index in [0.717, 1.165) is 0 Å². The summed E-state index contributed by atoms with van der Waals surface area (Å²) < 4.78 is 56.1. The molecule has 12 heteroatoms. The Morgan fingerprint density at radius 3 is 2.18 bits per heavy atom. The lowest BCUT2D eigenvalue weighted by Gasteiger charge is -2.10. The molecule has 3 aromatic rings. The average Bonchev–Trinajstić information content (AvgIpc) is 2.94. The molecule has 0 spiro atoms. The lowest BCUT2D eigenvalue weighted by Crippen LogP contribution is -2.15. The van der Waals surface area contributed by atoms with E-state index in [1.807, 2.05) is 0 Å². The van der Waals surface area contributed by atoms with Crippen LogP contribution in [0.5, 0.6) is 0 Å². The Bertz CT molecular complexity index is 1220. The fourth-order valence-corrected chi connectivity index (χ4v) is 4.63. The zero-order valence-corrected chi connectivity index (χ0v) is 16.9. The molecule has 0 amide bonds. The molecule has 0 saturated carbocycles. The number of benzene rings is 1. The maximum absolute atomic E-state index is 12.5. The molecule has 1 aromatic carbocycles. The van der Waals surface area contributed by atoms with Gasteiger partial charge in [-0.15, -0.1) is 0 Å². The first-order valence-corrected chi connectivity index (χ1v) is 11.0. The predicted molar refractivity (Wildman–Crippen MR) is 103 cm³/mol. The molecule has 0 radical (unpaired) electrons. The van der Waals surface area contributed by atoms with E-state index in [0.29, 0.717) is 11.5 Å². The molecule has 3 rings (SSSR count). The molecular formula is C16H18N6O4S2. The molecular weight excluding hydrogens is 404 g/mol. The van der Waals surface area contributed by atoms with Gasteiger partial charge in [0.1, 0.15) is 16.5 Å². The van der Waals surface area contributed by atoms with Crippen molar-refractivity contribution in [2.24, 2.45) is 7.05 Å². The van der Waals surface area contributed by atoms with Crippen LogP contribution in [0.1, 0.15) is 11.5 Å². The van der Waals surface area contributed by atoms with E-state index in [1.54, 1.807) is 20.9 Å². The first-order valence-electron chi connectivity index (χ1n) is 8.02. The summed E-state index contributed by atoms with van der Waals surface area (Å²) in [6, 6.07) is 6.75. The van der Waals surface area contributed by atoms with Gasteiger partial charge < -0.3 is 0 Å². The van der Waals surface area contributed by atoms with Gasteiger partial charge in [-0.3, -0.25) is 14.1 Å². The predicted octanol–water partition coefficient (Wildman–Crippen LogP) is 1.43. The quantitative estimate of drug-likeness (QED) is 0.613. The summed E-state index contributed by atoms with van der Waals surface area (Å²) in [7, 11) is -6.08. The van der Waals surface area contributed by atoms with Crippen molar-refractivity contribution in [2.75, 3.05) is 9.44 Å². The van der Waals surface area contributed by atoms with Crippen molar-refractivity contribution < 1.29 is 16.8 Å². The number of nitrogens with one attached hydrogen (secondary N) is 2. The summed E-state index contributed by atoms with van der Waals surface area (Å²) in [6.45, 7) is 3.28. The lowest BCUT2D eigenvalue weighted by atomic mass is 10.3. The van der Waals surface area contributed by atoms with Crippen LogP contribution in [0.2, 0.25) is 0 Å². The average molecular weight is 422 g/mol. The second kappa shape index (κ2) is 7.20. The first-order chi connectivity index (χ1) is 13.1. The van der Waals surface area contributed by atoms with Gasteiger partial charge in [0.05, 0.1) is 16.8 Å². The van der Waals surface area contributed by atoms with Crippen LogP contribution in [0.15, 0.2) is 52.5 Å². The van der Waals surface area contributed by atoms with Crippen LogP contribution in [-0.2, 0) is 27.1 Å². The minimum Gasteiger partial charge on any atom is -0.280 e. The Morgan fingerprint density at radius 1 is 0.929 bits per heavy atom. The highest BCUT2D eigenvalue weighted by Crippen LogP contribution is 2.21. The summed E-state index contributed by atoms with van der Waals surface area (Å²) in [6.07, 6.45) is 2.70. The third kappa shape index (κ3) is 4.12. The number of hydrogen-bond acceptors (Lipinski definition) is 7. The largest absolute Gasteiger partial charge is 0.280 e. The molecule has 148 valence electrons. The summed E-state index contributed by atoms with van der Waals surface area (Å²) in [4.78, 5) is 7.91. The Kier molecular flexibility index (Phi) is 5.08. The highest BCUT2D eigenvalue weighted by molar-refractivity contribution is 7.93. The van der Waals surface area contributed by atoms with Crippen LogP contribution in [0, 0.1) is 13.8 Å². The maximum Gasteiger partial charge on any atom is 0.265 e. The van der Waals surface area contributed by atoms with Gasteiger partial charge in [0.15, 0.2) is 0 Å². The summed E-state index contributed by atoms with van der Waals surface area (Å²) in [5, 5.41) is 3.92. The monoisotopic (exact) mass is 422 g/mol. The van der Waals surface area contributed by atoms with Crippen molar-refractivity contribution in [3.05, 3.63) is 54.2 Å². The Hall–Kier alpha value is -2.99. The Balaban J connectivity index is 1.80. The fraction of sp³-hybridized carbons (Fsp3) is 0.188. The second-order valence-corrected chi connectivity index (χ2v) is 9.28. The zero-order chi connectivity index (χ0) is 20.5. The van der Waals surface area contributed by atoms with Gasteiger partial charge in [0.25, 0.3) is 20.0 Å². The third-order valence-electron chi connectivity index (χ3n) is 3.91. The molecule has 0 unspecified atom stereocenters. The van der Waals surface area contributed by atoms with E-state index in [1.165, 1.54) is 47.4 Å². The van der Waals surface area contributed by atoms with Gasteiger partial charge in [-0.2, -0.15) is 5.10 Å². The number of rotatable bonds is 6. The fourth-order valence-electron chi connectivity index (χ4n) is 2.36. The van der Waals surface area contributed by atoms with E-state index in [9.17, 15) is 16.8 Å². The van der Waals surface area contributed by atoms with Crippen molar-refractivity contribution in [3.63, 3.8) is 0 Å². The van der Waals surface area contributed by atoms with Crippen LogP contribution in [0.25, 0.3) is 0 Å². The summed E-state index contributed by atoms with van der Waals surface area (Å²) in [5.74, 6) is 0.569. The number of sulfonamides is 2. The minimum atomic E-state index is -3.88. The molecule has 0 aliphatic rings. The molecule has 0 aliphatic carbocycles. The van der Waals surface area contributed by atoms with Crippen LogP contribution >= 0.6 is 0 Å². The molecule has 28 heavy (non-hydrogen) atoms. The van der Waals surface area contributed by atoms with Crippen molar-refractivity contribution in [3.8, 4) is 0 Å². The van der Waals surface area contributed by atoms with E-state index in [-0.39, 0.29) is 21.3 Å². The van der Waals surface area contributed by atoms with Crippen LogP contribution in [-0.4, -0.2) is 36.6 Å². The highest BCUT2D eigenvalue weighted by atomic mass is 32.2. The number of nitrogens with zero attached hydrogens (tertiary/aromatic N) is 4. The molecule has 2 aromatic heterocycles. The number of aryl methyl sites for hydroxylation is 2. The molecule has 0 bridgehead atoms. The molecule has 0 aliphatic heterocycles. The number of aromatic nitrogens is 4. The summed E-state index contributed by atoms with van der Waals surface area (Å²) in [5.41, 5.74) is 0.705. The number of hydrogen-bond donors (Lipinski definition) is 2. The van der Waals surface area contributed by atoms with Crippen LogP contribution < -0.4 is 9.44 Å². The van der Waals surface area contributed by atoms with E-state index in [2.05, 4.69) is 24.5 Å². The molecule has 0 fully saturated rings. The smallest absolute Gasteiger partial charge is 0.265 e. The molecule has 10 nitrogen and oxygen atoms in total. The van der Waals surface area contributed by atoms with E-state index in [4.69, 9.17) is 0 Å². The van der Waals surface area contributed by atoms with Crippen LogP contribution in [0.4, 0.5) is 11.5 Å². The van der Waals surface area contributed by atoms with Gasteiger partial charge in [-0.25, -0.2) is 26.8 Å². The normalized spacial score (nSPS) is 12.0. The van der Waals surface area contributed by atoms with Gasteiger partial charge >= 0.3 is 0 Å². The van der Waals surface area contributed by atoms with Crippen LogP contribution in [0.3, 0.4) is 0 Å². The molecule has 2 heterocycles. The van der Waals surface area contributed by atoms with Gasteiger partial charge in [0.2, 0.25) is 0 Å². The highest BCUT2D eigenvalue weighted by Gasteiger charge is 2.21. The van der Waals surface area contributed by atoms with E-state index >= 15 is 0 Å². The van der Waals surface area contributed by atoms with Crippen molar-refractivity contribution in [1.82, 2.24) is 19.7 Å². The van der Waals surface area contributed by atoms with Gasteiger partial charge in [0, 0.05) is 18.9 Å². The first kappa shape index (κ1) is 19.8. The van der Waals surface area contributed by atoms with E-state index < -0.39 is 20.0 Å². The standard InChI is InChI=1S/C16H18N6O4S2/c1-11-15(10-18-22(11)3)28(25,26)20-13-4-6-14(7-5-13)27(23,24)21-16-8-9-17-12(2)19-16/h4-10,20H,1-3H3,(H,17,19,21). The maximum atomic E-state index is 12.5. The van der Waals surface area contributed by atoms with Crippen molar-refractivity contribution in [1.29, 1.82) is 0 Å².